The summed E-state index contributed by atoms with van der Waals surface area (Å²) in [7, 11) is 0. The fourth-order valence-electron chi connectivity index (χ4n) is 3.68. The third kappa shape index (κ3) is 6.25. The van der Waals surface area contributed by atoms with Crippen LogP contribution in [0.4, 0.5) is 0 Å². The standard InChI is InChI=1S/C18H36/c1-5-17-11-10-15(3)8-7-9-16(4)14-18(6-2)13-12-17/h15-18H,5-14H2,1-4H3. The lowest BCUT2D eigenvalue weighted by Gasteiger charge is -2.25. The van der Waals surface area contributed by atoms with Crippen molar-refractivity contribution >= 4 is 0 Å². The predicted molar refractivity (Wildman–Crippen MR) is 82.8 cm³/mol. The fourth-order valence-corrected chi connectivity index (χ4v) is 3.68. The maximum Gasteiger partial charge on any atom is -0.0414 e. The Morgan fingerprint density at radius 2 is 1.22 bits per heavy atom. The van der Waals surface area contributed by atoms with E-state index in [-0.39, 0.29) is 0 Å². The van der Waals surface area contributed by atoms with Gasteiger partial charge in [-0.1, -0.05) is 85.5 Å². The van der Waals surface area contributed by atoms with E-state index < -0.39 is 0 Å². The van der Waals surface area contributed by atoms with Gasteiger partial charge >= 0.3 is 0 Å². The third-order valence-corrected chi connectivity index (χ3v) is 5.34. The van der Waals surface area contributed by atoms with Crippen LogP contribution >= 0.6 is 0 Å². The number of hydrogen-bond donors (Lipinski definition) is 0. The lowest BCUT2D eigenvalue weighted by molar-refractivity contribution is 0.276. The van der Waals surface area contributed by atoms with E-state index in [1.54, 1.807) is 0 Å². The van der Waals surface area contributed by atoms with Crippen LogP contribution in [0.15, 0.2) is 0 Å². The van der Waals surface area contributed by atoms with Crippen LogP contribution in [0.3, 0.4) is 0 Å². The summed E-state index contributed by atoms with van der Waals surface area (Å²) in [6.07, 6.45) is 14.7. The van der Waals surface area contributed by atoms with Crippen LogP contribution in [0.1, 0.15) is 91.9 Å². The summed E-state index contributed by atoms with van der Waals surface area (Å²) >= 11 is 0. The first-order valence-electron chi connectivity index (χ1n) is 8.65. The average molecular weight is 252 g/mol. The van der Waals surface area contributed by atoms with Crippen molar-refractivity contribution in [1.29, 1.82) is 0 Å². The summed E-state index contributed by atoms with van der Waals surface area (Å²) in [5.74, 6) is 3.94. The second-order valence-corrected chi connectivity index (χ2v) is 7.08. The molecule has 18 heavy (non-hydrogen) atoms. The van der Waals surface area contributed by atoms with Gasteiger partial charge in [0.1, 0.15) is 0 Å². The molecule has 0 aromatic carbocycles. The van der Waals surface area contributed by atoms with Gasteiger partial charge in [-0.2, -0.15) is 0 Å². The zero-order chi connectivity index (χ0) is 13.4. The molecule has 0 aromatic heterocycles. The Kier molecular flexibility index (Phi) is 8.02. The molecule has 4 atom stereocenters. The Bertz CT molecular complexity index is 196. The van der Waals surface area contributed by atoms with Crippen molar-refractivity contribution in [3.8, 4) is 0 Å². The maximum absolute atomic E-state index is 2.48. The minimum atomic E-state index is 0.960. The van der Waals surface area contributed by atoms with Crippen molar-refractivity contribution in [2.75, 3.05) is 0 Å². The largest absolute Gasteiger partial charge is 0.0651 e. The zero-order valence-electron chi connectivity index (χ0n) is 13.4. The van der Waals surface area contributed by atoms with E-state index >= 15 is 0 Å². The Labute approximate surface area is 116 Å². The van der Waals surface area contributed by atoms with Gasteiger partial charge in [0.25, 0.3) is 0 Å². The van der Waals surface area contributed by atoms with E-state index in [0.29, 0.717) is 0 Å². The Morgan fingerprint density at radius 3 is 1.89 bits per heavy atom. The normalized spacial score (nSPS) is 36.7. The van der Waals surface area contributed by atoms with Crippen molar-refractivity contribution in [1.82, 2.24) is 0 Å². The summed E-state index contributed by atoms with van der Waals surface area (Å²) in [5.41, 5.74) is 0. The predicted octanol–water partition coefficient (Wildman–Crippen LogP) is 6.45. The number of rotatable bonds is 2. The molecule has 0 aliphatic heterocycles. The van der Waals surface area contributed by atoms with Gasteiger partial charge in [-0.05, 0) is 30.1 Å². The van der Waals surface area contributed by atoms with Crippen LogP contribution in [-0.2, 0) is 0 Å². The summed E-state index contributed by atoms with van der Waals surface area (Å²) in [6, 6.07) is 0. The number of hydrogen-bond acceptors (Lipinski definition) is 0. The van der Waals surface area contributed by atoms with E-state index in [0.717, 1.165) is 23.7 Å². The highest BCUT2D eigenvalue weighted by atomic mass is 14.2. The third-order valence-electron chi connectivity index (χ3n) is 5.34. The van der Waals surface area contributed by atoms with Crippen LogP contribution in [-0.4, -0.2) is 0 Å². The molecule has 0 bridgehead atoms. The van der Waals surface area contributed by atoms with E-state index in [1.165, 1.54) is 64.2 Å². The lowest BCUT2D eigenvalue weighted by Crippen LogP contribution is -2.11. The summed E-state index contributed by atoms with van der Waals surface area (Å²) in [4.78, 5) is 0. The van der Waals surface area contributed by atoms with Gasteiger partial charge in [-0.15, -0.1) is 0 Å². The molecule has 4 unspecified atom stereocenters. The van der Waals surface area contributed by atoms with Crippen LogP contribution in [0.2, 0.25) is 0 Å². The second-order valence-electron chi connectivity index (χ2n) is 7.08. The Hall–Kier alpha value is 0. The topological polar surface area (TPSA) is 0 Å². The van der Waals surface area contributed by atoms with Gasteiger partial charge in [-0.3, -0.25) is 0 Å². The molecule has 0 spiro atoms. The first-order valence-corrected chi connectivity index (χ1v) is 8.65. The quantitative estimate of drug-likeness (QED) is 0.530. The molecule has 0 radical (unpaired) electrons. The first kappa shape index (κ1) is 16.1. The first-order chi connectivity index (χ1) is 8.65. The van der Waals surface area contributed by atoms with Crippen molar-refractivity contribution in [2.24, 2.45) is 23.7 Å². The van der Waals surface area contributed by atoms with Crippen molar-refractivity contribution in [3.05, 3.63) is 0 Å². The van der Waals surface area contributed by atoms with Crippen molar-refractivity contribution < 1.29 is 0 Å². The smallest absolute Gasteiger partial charge is 0.0414 e. The minimum absolute atomic E-state index is 0.960. The lowest BCUT2D eigenvalue weighted by atomic mass is 9.81. The van der Waals surface area contributed by atoms with Crippen LogP contribution in [0, 0.1) is 23.7 Å². The molecular weight excluding hydrogens is 216 g/mol. The molecule has 0 aromatic rings. The molecule has 1 aliphatic carbocycles. The molecule has 1 fully saturated rings. The molecule has 0 nitrogen and oxygen atoms in total. The van der Waals surface area contributed by atoms with Gasteiger partial charge in [0.2, 0.25) is 0 Å². The SMILES string of the molecule is CCC1CCC(C)CCCC(C)CC(CC)CC1. The van der Waals surface area contributed by atoms with E-state index in [9.17, 15) is 0 Å². The highest BCUT2D eigenvalue weighted by molar-refractivity contribution is 4.69. The van der Waals surface area contributed by atoms with E-state index in [4.69, 9.17) is 0 Å². The summed E-state index contributed by atoms with van der Waals surface area (Å²) in [6.45, 7) is 9.74. The van der Waals surface area contributed by atoms with Crippen LogP contribution in [0.5, 0.6) is 0 Å². The van der Waals surface area contributed by atoms with E-state index in [2.05, 4.69) is 27.7 Å². The molecule has 0 amide bonds. The molecule has 0 heterocycles. The second kappa shape index (κ2) is 8.99. The molecule has 0 N–H and O–H groups in total. The molecule has 1 rings (SSSR count). The molecule has 1 saturated carbocycles. The monoisotopic (exact) mass is 252 g/mol. The molecular formula is C18H36. The van der Waals surface area contributed by atoms with Gasteiger partial charge < -0.3 is 0 Å². The van der Waals surface area contributed by atoms with Crippen LogP contribution in [0.25, 0.3) is 0 Å². The molecule has 108 valence electrons. The van der Waals surface area contributed by atoms with Gasteiger partial charge in [0, 0.05) is 0 Å². The van der Waals surface area contributed by atoms with Gasteiger partial charge in [0.15, 0.2) is 0 Å². The summed E-state index contributed by atoms with van der Waals surface area (Å²) < 4.78 is 0. The molecule has 0 heteroatoms. The Balaban J connectivity index is 2.50. The highest BCUT2D eigenvalue weighted by Crippen LogP contribution is 2.30. The molecule has 0 saturated heterocycles. The Morgan fingerprint density at radius 1 is 0.667 bits per heavy atom. The van der Waals surface area contributed by atoms with Crippen molar-refractivity contribution in [3.63, 3.8) is 0 Å². The highest BCUT2D eigenvalue weighted by Gasteiger charge is 2.17. The van der Waals surface area contributed by atoms with Crippen molar-refractivity contribution in [2.45, 2.75) is 91.9 Å². The van der Waals surface area contributed by atoms with Gasteiger partial charge in [-0.25, -0.2) is 0 Å². The summed E-state index contributed by atoms with van der Waals surface area (Å²) in [5, 5.41) is 0. The van der Waals surface area contributed by atoms with Crippen LogP contribution < -0.4 is 0 Å². The zero-order valence-corrected chi connectivity index (χ0v) is 13.4. The minimum Gasteiger partial charge on any atom is -0.0651 e. The van der Waals surface area contributed by atoms with Gasteiger partial charge in [0.05, 0.1) is 0 Å². The maximum atomic E-state index is 2.48. The van der Waals surface area contributed by atoms with E-state index in [1.807, 2.05) is 0 Å². The molecule has 1 aliphatic rings. The average Bonchev–Trinajstić information content (AvgIpc) is 2.35. The fraction of sp³-hybridized carbons (Fsp3) is 1.00.